The highest BCUT2D eigenvalue weighted by molar-refractivity contribution is 5.31. The summed E-state index contributed by atoms with van der Waals surface area (Å²) in [6.07, 6.45) is 3.30. The van der Waals surface area contributed by atoms with Gasteiger partial charge in [-0.05, 0) is 12.1 Å². The molecule has 56 valence electrons. The molecule has 0 amide bonds. The van der Waals surface area contributed by atoms with Crippen LogP contribution in [-0.2, 0) is 0 Å². The van der Waals surface area contributed by atoms with E-state index < -0.39 is 0 Å². The van der Waals surface area contributed by atoms with Crippen molar-refractivity contribution in [2.45, 2.75) is 0 Å². The molecule has 0 aliphatic carbocycles. The molecule has 0 saturated carbocycles. The third kappa shape index (κ3) is 3.20. The second-order valence-corrected chi connectivity index (χ2v) is 2.06. The molecule has 0 atom stereocenters. The normalized spacial score (nSPS) is 8.36. The standard InChI is InChI=1S/C9H10N2/c10-9-6-4-2-1-3-5-7-11-8-9/h1-8H,10H2. The van der Waals surface area contributed by atoms with Crippen LogP contribution in [0.5, 0.6) is 0 Å². The lowest BCUT2D eigenvalue weighted by molar-refractivity contribution is 1.35. The van der Waals surface area contributed by atoms with Crippen LogP contribution >= 0.6 is 0 Å². The van der Waals surface area contributed by atoms with Crippen LogP contribution < -0.4 is 5.73 Å². The fourth-order valence-corrected chi connectivity index (χ4v) is 0.631. The van der Waals surface area contributed by atoms with E-state index in [0.717, 1.165) is 0 Å². The molecule has 11 heavy (non-hydrogen) atoms. The molecule has 0 aliphatic rings. The van der Waals surface area contributed by atoms with Gasteiger partial charge in [-0.25, -0.2) is 0 Å². The number of hydrogen-bond donors (Lipinski definition) is 1. The number of nitrogens with zero attached hydrogens (tertiary/aromatic N) is 1. The molecule has 1 aromatic heterocycles. The van der Waals surface area contributed by atoms with E-state index in [0.29, 0.717) is 5.69 Å². The summed E-state index contributed by atoms with van der Waals surface area (Å²) in [5, 5.41) is 0. The van der Waals surface area contributed by atoms with Gasteiger partial charge in [0.05, 0.1) is 0 Å². The summed E-state index contributed by atoms with van der Waals surface area (Å²) in [4.78, 5) is 3.93. The number of anilines is 1. The van der Waals surface area contributed by atoms with Gasteiger partial charge >= 0.3 is 0 Å². The lowest BCUT2D eigenvalue weighted by Gasteiger charge is -1.80. The van der Waals surface area contributed by atoms with Crippen molar-refractivity contribution < 1.29 is 0 Å². The fraction of sp³-hybridized carbons (Fsp3) is 0. The van der Waals surface area contributed by atoms with Gasteiger partial charge in [0.15, 0.2) is 0 Å². The van der Waals surface area contributed by atoms with Gasteiger partial charge in [-0.15, -0.1) is 0 Å². The highest BCUT2D eigenvalue weighted by Crippen LogP contribution is 1.90. The third-order valence-electron chi connectivity index (χ3n) is 1.13. The van der Waals surface area contributed by atoms with Gasteiger partial charge in [0.2, 0.25) is 0 Å². The number of hydrogen-bond acceptors (Lipinski definition) is 2. The molecule has 1 heterocycles. The summed E-state index contributed by atoms with van der Waals surface area (Å²) in [5.41, 5.74) is 6.18. The van der Waals surface area contributed by atoms with Crippen LogP contribution in [0.1, 0.15) is 0 Å². The van der Waals surface area contributed by atoms with Crippen molar-refractivity contribution in [3.8, 4) is 0 Å². The molecule has 2 nitrogen and oxygen atoms in total. The van der Waals surface area contributed by atoms with Gasteiger partial charge < -0.3 is 5.73 Å². The number of aromatic nitrogens is 1. The zero-order valence-electron chi connectivity index (χ0n) is 6.14. The molecular formula is C9H10N2. The molecule has 2 heteroatoms. The van der Waals surface area contributed by atoms with E-state index in [1.54, 1.807) is 18.5 Å². The summed E-state index contributed by atoms with van der Waals surface area (Å²) in [5.74, 6) is 0. The Balaban J connectivity index is 3.11. The van der Waals surface area contributed by atoms with E-state index >= 15 is 0 Å². The summed E-state index contributed by atoms with van der Waals surface area (Å²) in [6, 6.07) is 11.3. The minimum Gasteiger partial charge on any atom is -0.397 e. The van der Waals surface area contributed by atoms with Crippen molar-refractivity contribution in [2.24, 2.45) is 0 Å². The lowest BCUT2D eigenvalue weighted by Crippen LogP contribution is -1.80. The topological polar surface area (TPSA) is 38.9 Å². The first-order valence-corrected chi connectivity index (χ1v) is 3.38. The van der Waals surface area contributed by atoms with E-state index in [-0.39, 0.29) is 0 Å². The molecule has 0 aromatic carbocycles. The first-order chi connectivity index (χ1) is 5.39. The third-order valence-corrected chi connectivity index (χ3v) is 1.13. The van der Waals surface area contributed by atoms with Gasteiger partial charge in [0.1, 0.15) is 0 Å². The highest BCUT2D eigenvalue weighted by Gasteiger charge is 1.70. The van der Waals surface area contributed by atoms with Crippen molar-refractivity contribution in [3.05, 3.63) is 48.8 Å². The van der Waals surface area contributed by atoms with Crippen LogP contribution in [0.3, 0.4) is 0 Å². The van der Waals surface area contributed by atoms with Crippen molar-refractivity contribution in [1.82, 2.24) is 4.98 Å². The van der Waals surface area contributed by atoms with Gasteiger partial charge in [-0.2, -0.15) is 0 Å². The van der Waals surface area contributed by atoms with Gasteiger partial charge in [0, 0.05) is 18.1 Å². The molecule has 0 unspecified atom stereocenters. The van der Waals surface area contributed by atoms with Crippen LogP contribution in [0.15, 0.2) is 48.8 Å². The molecule has 0 fully saturated rings. The summed E-state index contributed by atoms with van der Waals surface area (Å²) in [7, 11) is 0. The zero-order valence-corrected chi connectivity index (χ0v) is 6.14. The average Bonchev–Trinajstić information content (AvgIpc) is 2.03. The van der Waals surface area contributed by atoms with E-state index in [1.807, 2.05) is 30.3 Å². The van der Waals surface area contributed by atoms with Crippen LogP contribution in [0, 0.1) is 0 Å². The summed E-state index contributed by atoms with van der Waals surface area (Å²) in [6.45, 7) is 0. The SMILES string of the molecule is Nc1cccccccnc1. The van der Waals surface area contributed by atoms with Crippen LogP contribution in [0.25, 0.3) is 0 Å². The predicted molar refractivity (Wildman–Crippen MR) is 46.3 cm³/mol. The molecular weight excluding hydrogens is 136 g/mol. The molecule has 0 radical (unpaired) electrons. The maximum absolute atomic E-state index is 5.53. The van der Waals surface area contributed by atoms with E-state index in [9.17, 15) is 0 Å². The Morgan fingerprint density at radius 3 is 2.64 bits per heavy atom. The molecule has 2 N–H and O–H groups in total. The monoisotopic (exact) mass is 146 g/mol. The van der Waals surface area contributed by atoms with Crippen molar-refractivity contribution in [2.75, 3.05) is 5.73 Å². The second kappa shape index (κ2) is 4.28. The molecule has 1 rings (SSSR count). The lowest BCUT2D eigenvalue weighted by atomic mass is 10.4. The van der Waals surface area contributed by atoms with Crippen LogP contribution in [-0.4, -0.2) is 4.98 Å². The van der Waals surface area contributed by atoms with Crippen LogP contribution in [0.2, 0.25) is 0 Å². The molecule has 0 spiro atoms. The Kier molecular flexibility index (Phi) is 2.93. The van der Waals surface area contributed by atoms with Crippen molar-refractivity contribution in [1.29, 1.82) is 0 Å². The maximum Gasteiger partial charge on any atom is 0.0500 e. The van der Waals surface area contributed by atoms with Crippen molar-refractivity contribution >= 4 is 5.69 Å². The fourth-order valence-electron chi connectivity index (χ4n) is 0.631. The van der Waals surface area contributed by atoms with Gasteiger partial charge in [-0.1, -0.05) is 24.3 Å². The smallest absolute Gasteiger partial charge is 0.0500 e. The Bertz CT molecular complexity index is 245. The number of nitrogens with two attached hydrogens (primary N) is 1. The first-order valence-electron chi connectivity index (χ1n) is 3.38. The number of nitrogen functional groups attached to an aromatic ring is 1. The predicted octanol–water partition coefficient (Wildman–Crippen LogP) is 1.79. The van der Waals surface area contributed by atoms with E-state index in [2.05, 4.69) is 4.98 Å². The molecule has 0 saturated heterocycles. The molecule has 1 aromatic rings. The quantitative estimate of drug-likeness (QED) is 0.606. The molecule has 0 aliphatic heterocycles. The first kappa shape index (κ1) is 7.54. The minimum atomic E-state index is 0.654. The van der Waals surface area contributed by atoms with E-state index in [4.69, 9.17) is 5.73 Å². The zero-order chi connectivity index (χ0) is 7.94. The Labute approximate surface area is 66.0 Å². The number of rotatable bonds is 0. The minimum absolute atomic E-state index is 0.654. The van der Waals surface area contributed by atoms with E-state index in [1.165, 1.54) is 0 Å². The highest BCUT2D eigenvalue weighted by atomic mass is 14.7. The Morgan fingerprint density at radius 1 is 1.00 bits per heavy atom. The van der Waals surface area contributed by atoms with Gasteiger partial charge in [0.25, 0.3) is 0 Å². The average molecular weight is 146 g/mol. The van der Waals surface area contributed by atoms with Crippen molar-refractivity contribution in [3.63, 3.8) is 0 Å². The summed E-state index contributed by atoms with van der Waals surface area (Å²) >= 11 is 0. The summed E-state index contributed by atoms with van der Waals surface area (Å²) < 4.78 is 0. The molecule has 0 bridgehead atoms. The Morgan fingerprint density at radius 2 is 1.73 bits per heavy atom. The van der Waals surface area contributed by atoms with Crippen LogP contribution in [0.4, 0.5) is 5.69 Å². The largest absolute Gasteiger partial charge is 0.397 e. The Hall–Kier alpha value is -1.57. The second-order valence-electron chi connectivity index (χ2n) is 2.06. The maximum atomic E-state index is 5.53. The van der Waals surface area contributed by atoms with Gasteiger partial charge in [-0.3, -0.25) is 4.98 Å².